The molecule has 1 aliphatic rings. The molecule has 1 heterocycles. The van der Waals surface area contributed by atoms with E-state index in [2.05, 4.69) is 11.9 Å². The van der Waals surface area contributed by atoms with E-state index >= 15 is 0 Å². The molecule has 2 heteroatoms. The molecule has 1 aromatic carbocycles. The van der Waals surface area contributed by atoms with E-state index in [1.165, 1.54) is 5.56 Å². The average molecular weight is 227 g/mol. The molecule has 88 valence electrons. The fraction of sp³-hybridized carbons (Fsp3) is 0.267. The van der Waals surface area contributed by atoms with Gasteiger partial charge in [0, 0.05) is 5.70 Å². The third-order valence-electron chi connectivity index (χ3n) is 3.10. The van der Waals surface area contributed by atoms with Crippen molar-refractivity contribution < 1.29 is 4.79 Å². The van der Waals surface area contributed by atoms with Crippen molar-refractivity contribution in [3.63, 3.8) is 0 Å². The first-order chi connectivity index (χ1) is 8.01. The molecule has 2 rings (SSSR count). The van der Waals surface area contributed by atoms with Crippen LogP contribution in [0.3, 0.4) is 0 Å². The summed E-state index contributed by atoms with van der Waals surface area (Å²) in [6, 6.07) is 10.1. The van der Waals surface area contributed by atoms with Gasteiger partial charge in [-0.05, 0) is 37.5 Å². The zero-order valence-corrected chi connectivity index (χ0v) is 10.3. The SMILES string of the molecule is C=C(C)C1=CC(C)(Cc2ccccc2)C(=O)N1. The fourth-order valence-electron chi connectivity index (χ4n) is 2.07. The summed E-state index contributed by atoms with van der Waals surface area (Å²) in [6.07, 6.45) is 2.71. The summed E-state index contributed by atoms with van der Waals surface area (Å²) in [4.78, 5) is 12.0. The molecule has 0 saturated heterocycles. The van der Waals surface area contributed by atoms with Crippen molar-refractivity contribution in [3.8, 4) is 0 Å². The molecule has 1 unspecified atom stereocenters. The van der Waals surface area contributed by atoms with Crippen molar-refractivity contribution in [2.75, 3.05) is 0 Å². The fourth-order valence-corrected chi connectivity index (χ4v) is 2.07. The zero-order chi connectivity index (χ0) is 12.5. The highest BCUT2D eigenvalue weighted by Crippen LogP contribution is 2.32. The Morgan fingerprint density at radius 1 is 1.35 bits per heavy atom. The number of rotatable bonds is 3. The second kappa shape index (κ2) is 4.21. The number of amides is 1. The third-order valence-corrected chi connectivity index (χ3v) is 3.10. The molecule has 0 bridgehead atoms. The number of hydrogen-bond donors (Lipinski definition) is 1. The molecule has 0 aliphatic carbocycles. The molecule has 1 atom stereocenters. The van der Waals surface area contributed by atoms with Crippen LogP contribution < -0.4 is 5.32 Å². The van der Waals surface area contributed by atoms with Crippen molar-refractivity contribution >= 4 is 5.91 Å². The molecule has 1 N–H and O–H groups in total. The van der Waals surface area contributed by atoms with Crippen molar-refractivity contribution in [2.24, 2.45) is 5.41 Å². The molecule has 2 nitrogen and oxygen atoms in total. The van der Waals surface area contributed by atoms with Crippen molar-refractivity contribution in [3.05, 3.63) is 59.8 Å². The Bertz CT molecular complexity index is 487. The van der Waals surface area contributed by atoms with Gasteiger partial charge in [-0.15, -0.1) is 0 Å². The van der Waals surface area contributed by atoms with Gasteiger partial charge in [-0.3, -0.25) is 4.79 Å². The first kappa shape index (κ1) is 11.6. The van der Waals surface area contributed by atoms with Crippen molar-refractivity contribution in [1.29, 1.82) is 0 Å². The number of nitrogens with one attached hydrogen (secondary N) is 1. The lowest BCUT2D eigenvalue weighted by molar-refractivity contribution is -0.125. The van der Waals surface area contributed by atoms with Crippen LogP contribution in [0.1, 0.15) is 19.4 Å². The summed E-state index contributed by atoms with van der Waals surface area (Å²) >= 11 is 0. The van der Waals surface area contributed by atoms with Gasteiger partial charge in [0.2, 0.25) is 5.91 Å². The Hall–Kier alpha value is -1.83. The Kier molecular flexibility index (Phi) is 2.88. The van der Waals surface area contributed by atoms with Crippen LogP contribution in [0.2, 0.25) is 0 Å². The van der Waals surface area contributed by atoms with Gasteiger partial charge in [-0.25, -0.2) is 0 Å². The molecule has 0 fully saturated rings. The molecule has 1 aliphatic heterocycles. The van der Waals surface area contributed by atoms with Crippen molar-refractivity contribution in [1.82, 2.24) is 5.32 Å². The monoisotopic (exact) mass is 227 g/mol. The lowest BCUT2D eigenvalue weighted by Crippen LogP contribution is -2.31. The highest BCUT2D eigenvalue weighted by atomic mass is 16.2. The van der Waals surface area contributed by atoms with Gasteiger partial charge in [-0.1, -0.05) is 36.9 Å². The maximum absolute atomic E-state index is 12.0. The molecule has 0 radical (unpaired) electrons. The minimum atomic E-state index is -0.463. The van der Waals surface area contributed by atoms with E-state index in [0.717, 1.165) is 17.7 Å². The normalized spacial score (nSPS) is 23.2. The third kappa shape index (κ3) is 2.31. The summed E-state index contributed by atoms with van der Waals surface area (Å²) in [6.45, 7) is 7.73. The van der Waals surface area contributed by atoms with Crippen LogP contribution in [0.5, 0.6) is 0 Å². The topological polar surface area (TPSA) is 29.1 Å². The second-order valence-corrected chi connectivity index (χ2v) is 4.87. The van der Waals surface area contributed by atoms with E-state index in [0.29, 0.717) is 0 Å². The second-order valence-electron chi connectivity index (χ2n) is 4.87. The summed E-state index contributed by atoms with van der Waals surface area (Å²) in [5, 5.41) is 2.89. The Morgan fingerprint density at radius 3 is 2.53 bits per heavy atom. The van der Waals surface area contributed by atoms with Gasteiger partial charge in [0.1, 0.15) is 0 Å². The Balaban J connectivity index is 2.25. The first-order valence-electron chi connectivity index (χ1n) is 5.75. The van der Waals surface area contributed by atoms with E-state index in [1.54, 1.807) is 0 Å². The van der Waals surface area contributed by atoms with Gasteiger partial charge in [0.25, 0.3) is 0 Å². The van der Waals surface area contributed by atoms with Crippen LogP contribution in [0.15, 0.2) is 54.3 Å². The number of carbonyl (C=O) groups excluding carboxylic acids is 1. The summed E-state index contributed by atoms with van der Waals surface area (Å²) in [5.41, 5.74) is 2.46. The largest absolute Gasteiger partial charge is 0.325 e. The van der Waals surface area contributed by atoms with Crippen LogP contribution in [-0.4, -0.2) is 5.91 Å². The van der Waals surface area contributed by atoms with Crippen LogP contribution in [0, 0.1) is 5.41 Å². The van der Waals surface area contributed by atoms with Crippen molar-refractivity contribution in [2.45, 2.75) is 20.3 Å². The molecular formula is C15H17NO. The van der Waals surface area contributed by atoms with Gasteiger partial charge >= 0.3 is 0 Å². The number of hydrogen-bond acceptors (Lipinski definition) is 1. The smallest absolute Gasteiger partial charge is 0.234 e. The van der Waals surface area contributed by atoms with Crippen LogP contribution in [0.25, 0.3) is 0 Å². The maximum atomic E-state index is 12.0. The highest BCUT2D eigenvalue weighted by molar-refractivity contribution is 5.90. The minimum Gasteiger partial charge on any atom is -0.325 e. The van der Waals surface area contributed by atoms with Gasteiger partial charge in [-0.2, -0.15) is 0 Å². The highest BCUT2D eigenvalue weighted by Gasteiger charge is 2.37. The molecule has 0 aromatic heterocycles. The molecule has 0 spiro atoms. The summed E-state index contributed by atoms with van der Waals surface area (Å²) in [7, 11) is 0. The Labute approximate surface area is 102 Å². The summed E-state index contributed by atoms with van der Waals surface area (Å²) < 4.78 is 0. The van der Waals surface area contributed by atoms with Crippen LogP contribution in [-0.2, 0) is 11.2 Å². The van der Waals surface area contributed by atoms with E-state index < -0.39 is 5.41 Å². The van der Waals surface area contributed by atoms with E-state index in [-0.39, 0.29) is 5.91 Å². The van der Waals surface area contributed by atoms with Gasteiger partial charge in [0.15, 0.2) is 0 Å². The van der Waals surface area contributed by atoms with Gasteiger partial charge < -0.3 is 5.32 Å². The Morgan fingerprint density at radius 2 is 2.00 bits per heavy atom. The van der Waals surface area contributed by atoms with E-state index in [1.807, 2.05) is 50.3 Å². The maximum Gasteiger partial charge on any atom is 0.234 e. The zero-order valence-electron chi connectivity index (χ0n) is 10.3. The molecule has 17 heavy (non-hydrogen) atoms. The predicted molar refractivity (Wildman–Crippen MR) is 69.3 cm³/mol. The summed E-state index contributed by atoms with van der Waals surface area (Å²) in [5.74, 6) is 0.0550. The molecule has 1 amide bonds. The molecule has 1 aromatic rings. The quantitative estimate of drug-likeness (QED) is 0.845. The van der Waals surface area contributed by atoms with E-state index in [4.69, 9.17) is 0 Å². The lowest BCUT2D eigenvalue weighted by Gasteiger charge is -2.18. The van der Waals surface area contributed by atoms with Gasteiger partial charge in [0.05, 0.1) is 5.41 Å². The number of allylic oxidation sites excluding steroid dienone is 1. The number of carbonyl (C=O) groups is 1. The predicted octanol–water partition coefficient (Wildman–Crippen LogP) is 2.83. The van der Waals surface area contributed by atoms with E-state index in [9.17, 15) is 4.79 Å². The minimum absolute atomic E-state index is 0.0550. The lowest BCUT2D eigenvalue weighted by atomic mass is 9.84. The average Bonchev–Trinajstić information content (AvgIpc) is 2.57. The number of benzene rings is 1. The first-order valence-corrected chi connectivity index (χ1v) is 5.75. The standard InChI is InChI=1S/C15H17NO/c1-11(2)13-10-15(3,14(17)16-13)9-12-7-5-4-6-8-12/h4-8,10H,1,9H2,2-3H3,(H,16,17). The molecular weight excluding hydrogens is 210 g/mol. The van der Waals surface area contributed by atoms with Crippen LogP contribution >= 0.6 is 0 Å². The molecule has 0 saturated carbocycles. The van der Waals surface area contributed by atoms with Crippen LogP contribution in [0.4, 0.5) is 0 Å².